The molecule has 0 spiro atoms. The Bertz CT molecular complexity index is 2000. The fourth-order valence-corrected chi connectivity index (χ4v) is 6.11. The summed E-state index contributed by atoms with van der Waals surface area (Å²) in [4.78, 5) is 51.0. The number of halogens is 2. The van der Waals surface area contributed by atoms with Gasteiger partial charge < -0.3 is 10.6 Å². The van der Waals surface area contributed by atoms with Crippen molar-refractivity contribution in [1.82, 2.24) is 0 Å². The summed E-state index contributed by atoms with van der Waals surface area (Å²) in [6.45, 7) is 10.6. The Morgan fingerprint density at radius 3 is 1.38 bits per heavy atom. The average Bonchev–Trinajstić information content (AvgIpc) is 3.11. The van der Waals surface area contributed by atoms with Gasteiger partial charge in [0, 0.05) is 16.9 Å². The first-order valence-corrected chi connectivity index (χ1v) is 17.9. The molecule has 0 radical (unpaired) electrons. The van der Waals surface area contributed by atoms with Crippen LogP contribution in [0.25, 0.3) is 11.1 Å². The topological polar surface area (TPSA) is 142 Å². The van der Waals surface area contributed by atoms with Gasteiger partial charge in [0.25, 0.3) is 11.8 Å². The molecule has 2 amide bonds. The number of amides is 2. The highest BCUT2D eigenvalue weighted by Gasteiger charge is 2.25. The number of rotatable bonds is 15. The first-order chi connectivity index (χ1) is 24.9. The van der Waals surface area contributed by atoms with Crippen LogP contribution in [-0.4, -0.2) is 35.5 Å². The van der Waals surface area contributed by atoms with Gasteiger partial charge >= 0.3 is 0 Å². The summed E-state index contributed by atoms with van der Waals surface area (Å²) in [5, 5.41) is 22.6. The first kappa shape index (κ1) is 39.7. The van der Waals surface area contributed by atoms with Crippen LogP contribution in [0, 0.1) is 0 Å². The van der Waals surface area contributed by atoms with E-state index in [0.29, 0.717) is 41.0 Å². The molecule has 4 aromatic carbocycles. The van der Waals surface area contributed by atoms with Crippen molar-refractivity contribution in [2.24, 2.45) is 20.5 Å². The Kier molecular flexibility index (Phi) is 14.1. The number of hydrogen-bond donors (Lipinski definition) is 2. The van der Waals surface area contributed by atoms with Crippen LogP contribution in [0.15, 0.2) is 93.3 Å². The highest BCUT2D eigenvalue weighted by Crippen LogP contribution is 2.39. The summed E-state index contributed by atoms with van der Waals surface area (Å²) < 4.78 is 0. The minimum Gasteiger partial charge on any atom is -0.323 e. The molecule has 0 aliphatic rings. The van der Waals surface area contributed by atoms with Crippen LogP contribution < -0.4 is 10.6 Å². The molecule has 0 saturated heterocycles. The van der Waals surface area contributed by atoms with Crippen LogP contribution in [0.5, 0.6) is 0 Å². The molecule has 270 valence electrons. The number of azo groups is 2. The van der Waals surface area contributed by atoms with Gasteiger partial charge in [-0.25, -0.2) is 0 Å². The predicted octanol–water partition coefficient (Wildman–Crippen LogP) is 10.3. The number of ketones is 2. The number of carbonyl (C=O) groups excluding carboxylic acids is 4. The second kappa shape index (κ2) is 18.4. The highest BCUT2D eigenvalue weighted by atomic mass is 35.5. The van der Waals surface area contributed by atoms with Gasteiger partial charge in [0.05, 0.1) is 21.4 Å². The standard InChI is InChI=1S/C40H42Cl2N6O4/c1-7-25-11-13-27(9-3)34(19-25)43-39(51)37(23(5)49)47-45-30-17-15-29(16-18-30)36-32(41)21-31(22-33(36)42)46-48-38(24(6)50)40(52)44-35-20-26(8-2)12-14-28(35)10-4/h11-22,37-38H,7-10H2,1-6H3,(H,43,51)(H,44,52). The van der Waals surface area contributed by atoms with E-state index in [2.05, 4.69) is 31.1 Å². The number of anilines is 2. The zero-order valence-electron chi connectivity index (χ0n) is 30.1. The van der Waals surface area contributed by atoms with Gasteiger partial charge in [-0.1, -0.05) is 87.3 Å². The minimum atomic E-state index is -1.37. The van der Waals surface area contributed by atoms with Gasteiger partial charge in [0.15, 0.2) is 11.6 Å². The molecule has 2 unspecified atom stereocenters. The van der Waals surface area contributed by atoms with E-state index in [1.54, 1.807) is 24.3 Å². The van der Waals surface area contributed by atoms with E-state index in [1.165, 1.54) is 26.0 Å². The second-order valence-electron chi connectivity index (χ2n) is 12.2. The average molecular weight is 742 g/mol. The molecule has 2 N–H and O–H groups in total. The van der Waals surface area contributed by atoms with E-state index in [-0.39, 0.29) is 15.7 Å². The van der Waals surface area contributed by atoms with Crippen molar-refractivity contribution in [3.63, 3.8) is 0 Å². The van der Waals surface area contributed by atoms with Crippen molar-refractivity contribution in [1.29, 1.82) is 0 Å². The molecular formula is C40H42Cl2N6O4. The van der Waals surface area contributed by atoms with Crippen molar-refractivity contribution >= 4 is 69.3 Å². The van der Waals surface area contributed by atoms with Gasteiger partial charge in [-0.3, -0.25) is 19.2 Å². The number of hydrogen-bond acceptors (Lipinski definition) is 8. The van der Waals surface area contributed by atoms with Crippen LogP contribution in [0.4, 0.5) is 22.7 Å². The summed E-state index contributed by atoms with van der Waals surface area (Å²) in [6.07, 6.45) is 3.02. The highest BCUT2D eigenvalue weighted by molar-refractivity contribution is 6.39. The predicted molar refractivity (Wildman–Crippen MR) is 208 cm³/mol. The fourth-order valence-electron chi connectivity index (χ4n) is 5.41. The molecule has 12 heteroatoms. The summed E-state index contributed by atoms with van der Waals surface area (Å²) in [7, 11) is 0. The Morgan fingerprint density at radius 1 is 0.577 bits per heavy atom. The summed E-state index contributed by atoms with van der Waals surface area (Å²) in [5.74, 6) is -2.07. The Morgan fingerprint density at radius 2 is 1.00 bits per heavy atom. The quantitative estimate of drug-likeness (QED) is 0.0924. The molecule has 0 fully saturated rings. The molecule has 0 aromatic heterocycles. The molecule has 4 rings (SSSR count). The van der Waals surface area contributed by atoms with Crippen LogP contribution in [-0.2, 0) is 44.9 Å². The lowest BCUT2D eigenvalue weighted by Crippen LogP contribution is -2.32. The maximum atomic E-state index is 13.1. The molecule has 0 bridgehead atoms. The fraction of sp³-hybridized carbons (Fsp3) is 0.300. The third-order valence-electron chi connectivity index (χ3n) is 8.47. The third kappa shape index (κ3) is 10.0. The molecule has 0 aliphatic heterocycles. The molecule has 0 aliphatic carbocycles. The smallest absolute Gasteiger partial charge is 0.258 e. The summed E-state index contributed by atoms with van der Waals surface area (Å²) in [6, 6.07) is 18.9. The van der Waals surface area contributed by atoms with Crippen molar-refractivity contribution in [2.45, 2.75) is 79.3 Å². The molecule has 4 aromatic rings. The Labute approximate surface area is 314 Å². The Hall–Kier alpha value is -5.06. The van der Waals surface area contributed by atoms with Crippen molar-refractivity contribution < 1.29 is 19.2 Å². The van der Waals surface area contributed by atoms with E-state index in [9.17, 15) is 19.2 Å². The van der Waals surface area contributed by atoms with Crippen LogP contribution >= 0.6 is 23.2 Å². The normalized spacial score (nSPS) is 12.5. The number of Topliss-reactive ketones (excluding diaryl/α,β-unsaturated/α-hetero) is 2. The van der Waals surface area contributed by atoms with E-state index in [1.807, 2.05) is 64.1 Å². The van der Waals surface area contributed by atoms with Crippen molar-refractivity contribution in [3.05, 3.63) is 105 Å². The third-order valence-corrected chi connectivity index (χ3v) is 9.07. The van der Waals surface area contributed by atoms with Gasteiger partial charge in [-0.2, -0.15) is 20.5 Å². The molecule has 52 heavy (non-hydrogen) atoms. The summed E-state index contributed by atoms with van der Waals surface area (Å²) >= 11 is 13.3. The molecule has 2 atom stereocenters. The minimum absolute atomic E-state index is 0.256. The maximum Gasteiger partial charge on any atom is 0.258 e. The SMILES string of the molecule is CCc1ccc(CC)c(NC(=O)C(N=Nc2ccc(-c3c(Cl)cc(N=NC(C(C)=O)C(=O)Nc4cc(CC)ccc4CC)cc3Cl)cc2)C(C)=O)c1. The van der Waals surface area contributed by atoms with Crippen molar-refractivity contribution in [3.8, 4) is 11.1 Å². The van der Waals surface area contributed by atoms with Crippen molar-refractivity contribution in [2.75, 3.05) is 10.6 Å². The monoisotopic (exact) mass is 740 g/mol. The number of carbonyl (C=O) groups is 4. The number of nitrogens with zero attached hydrogens (tertiary/aromatic N) is 4. The van der Waals surface area contributed by atoms with Gasteiger partial charge in [0.1, 0.15) is 0 Å². The van der Waals surface area contributed by atoms with E-state index >= 15 is 0 Å². The number of nitrogens with one attached hydrogen (secondary N) is 2. The van der Waals surface area contributed by atoms with Gasteiger partial charge in [-0.05, 0) is 104 Å². The zero-order chi connectivity index (χ0) is 37.9. The zero-order valence-corrected chi connectivity index (χ0v) is 31.6. The van der Waals surface area contributed by atoms with Gasteiger partial charge in [-0.15, -0.1) is 0 Å². The lowest BCUT2D eigenvalue weighted by atomic mass is 10.0. The second-order valence-corrected chi connectivity index (χ2v) is 13.0. The van der Waals surface area contributed by atoms with E-state index in [4.69, 9.17) is 23.2 Å². The van der Waals surface area contributed by atoms with Crippen LogP contribution in [0.3, 0.4) is 0 Å². The van der Waals surface area contributed by atoms with E-state index < -0.39 is 35.5 Å². The Balaban J connectivity index is 1.49. The van der Waals surface area contributed by atoms with Crippen LogP contribution in [0.1, 0.15) is 63.8 Å². The number of benzene rings is 4. The molecule has 0 heterocycles. The molecule has 10 nitrogen and oxygen atoms in total. The first-order valence-electron chi connectivity index (χ1n) is 17.2. The lowest BCUT2D eigenvalue weighted by Gasteiger charge is -2.14. The van der Waals surface area contributed by atoms with Gasteiger partial charge in [0.2, 0.25) is 12.1 Å². The summed E-state index contributed by atoms with van der Waals surface area (Å²) in [5.41, 5.74) is 7.14. The molecule has 0 saturated carbocycles. The van der Waals surface area contributed by atoms with E-state index in [0.717, 1.165) is 35.1 Å². The van der Waals surface area contributed by atoms with Crippen LogP contribution in [0.2, 0.25) is 10.0 Å². The maximum absolute atomic E-state index is 13.1. The molecular weight excluding hydrogens is 699 g/mol. The number of aryl methyl sites for hydroxylation is 4. The largest absolute Gasteiger partial charge is 0.323 e. The lowest BCUT2D eigenvalue weighted by molar-refractivity contribution is -0.127.